The van der Waals surface area contributed by atoms with E-state index in [1.165, 1.54) is 6.07 Å². The summed E-state index contributed by atoms with van der Waals surface area (Å²) in [7, 11) is 0. The smallest absolute Gasteiger partial charge is 0.326 e. The normalized spacial score (nSPS) is 12.0. The van der Waals surface area contributed by atoms with Crippen LogP contribution < -0.4 is 10.7 Å². The van der Waals surface area contributed by atoms with Crippen LogP contribution in [0, 0.1) is 0 Å². The first-order valence-electron chi connectivity index (χ1n) is 6.20. The van der Waals surface area contributed by atoms with E-state index in [4.69, 9.17) is 14.6 Å². The molecule has 0 unspecified atom stereocenters. The molecule has 110 valence electrons. The van der Waals surface area contributed by atoms with Crippen molar-refractivity contribution in [1.82, 2.24) is 5.32 Å². The summed E-state index contributed by atoms with van der Waals surface area (Å²) in [6.45, 7) is -0.390. The van der Waals surface area contributed by atoms with E-state index < -0.39 is 23.3 Å². The van der Waals surface area contributed by atoms with Crippen LogP contribution in [-0.4, -0.2) is 34.7 Å². The predicted molar refractivity (Wildman–Crippen MR) is 73.1 cm³/mol. The number of para-hydroxylation sites is 1. The average Bonchev–Trinajstić information content (AvgIpc) is 2.46. The summed E-state index contributed by atoms with van der Waals surface area (Å²) in [5.74, 6) is -2.37. The van der Waals surface area contributed by atoms with Gasteiger partial charge in [0.2, 0.25) is 0 Å². The number of nitrogens with one attached hydrogen (secondary N) is 1. The first-order chi connectivity index (χ1) is 10.0. The minimum absolute atomic E-state index is 0.140. The van der Waals surface area contributed by atoms with Crippen LogP contribution in [0.1, 0.15) is 17.0 Å². The molecule has 2 aromatic rings. The molecule has 0 saturated carbocycles. The van der Waals surface area contributed by atoms with Crippen molar-refractivity contribution in [2.45, 2.75) is 12.5 Å². The molecule has 7 heteroatoms. The van der Waals surface area contributed by atoms with Crippen LogP contribution in [0.2, 0.25) is 0 Å². The van der Waals surface area contributed by atoms with Crippen molar-refractivity contribution in [2.75, 3.05) is 6.61 Å². The van der Waals surface area contributed by atoms with Gasteiger partial charge >= 0.3 is 5.97 Å². The number of fused-ring (bicyclic) bond motifs is 1. The van der Waals surface area contributed by atoms with Crippen molar-refractivity contribution in [3.8, 4) is 0 Å². The Morgan fingerprint density at radius 1 is 1.29 bits per heavy atom. The Morgan fingerprint density at radius 2 is 2.00 bits per heavy atom. The highest BCUT2D eigenvalue weighted by Gasteiger charge is 2.21. The number of aliphatic hydroxyl groups excluding tert-OH is 1. The molecule has 7 nitrogen and oxygen atoms in total. The quantitative estimate of drug-likeness (QED) is 0.732. The maximum Gasteiger partial charge on any atom is 0.326 e. The standard InChI is InChI=1S/C14H13NO6/c16-6-5-9(14(19)20)15-13(18)12-7-10(17)8-3-1-2-4-11(8)21-12/h1-4,7,9,16H,5-6H2,(H,15,18)(H,19,20)/t9-/m0/s1. The molecule has 0 bridgehead atoms. The van der Waals surface area contributed by atoms with Crippen molar-refractivity contribution in [1.29, 1.82) is 0 Å². The average molecular weight is 291 g/mol. The molecule has 0 saturated heterocycles. The van der Waals surface area contributed by atoms with Crippen molar-refractivity contribution in [3.05, 3.63) is 46.3 Å². The SMILES string of the molecule is O=C(N[C@@H](CCO)C(=O)O)c1cc(=O)c2ccccc2o1. The topological polar surface area (TPSA) is 117 Å². The van der Waals surface area contributed by atoms with Crippen molar-refractivity contribution in [3.63, 3.8) is 0 Å². The molecule has 1 aromatic carbocycles. The highest BCUT2D eigenvalue weighted by Crippen LogP contribution is 2.11. The molecule has 0 aliphatic heterocycles. The fraction of sp³-hybridized carbons (Fsp3) is 0.214. The van der Waals surface area contributed by atoms with E-state index in [2.05, 4.69) is 5.32 Å². The summed E-state index contributed by atoms with van der Waals surface area (Å²) in [5.41, 5.74) is -0.153. The molecule has 0 fully saturated rings. The van der Waals surface area contributed by atoms with Gasteiger partial charge in [0, 0.05) is 19.1 Å². The molecular weight excluding hydrogens is 278 g/mol. The summed E-state index contributed by atoms with van der Waals surface area (Å²) >= 11 is 0. The number of hydrogen-bond acceptors (Lipinski definition) is 5. The summed E-state index contributed by atoms with van der Waals surface area (Å²) in [6.07, 6.45) is -0.140. The fourth-order valence-electron chi connectivity index (χ4n) is 1.83. The number of aliphatic hydroxyl groups is 1. The molecule has 0 spiro atoms. The third kappa shape index (κ3) is 3.26. The number of rotatable bonds is 5. The van der Waals surface area contributed by atoms with Crippen LogP contribution in [0.3, 0.4) is 0 Å². The van der Waals surface area contributed by atoms with E-state index in [1.807, 2.05) is 0 Å². The van der Waals surface area contributed by atoms with Gasteiger partial charge in [0.25, 0.3) is 5.91 Å². The largest absolute Gasteiger partial charge is 0.480 e. The van der Waals surface area contributed by atoms with Crippen LogP contribution in [0.25, 0.3) is 11.0 Å². The third-order valence-corrected chi connectivity index (χ3v) is 2.88. The van der Waals surface area contributed by atoms with Gasteiger partial charge in [-0.1, -0.05) is 12.1 Å². The minimum atomic E-state index is -1.28. The van der Waals surface area contributed by atoms with Crippen LogP contribution in [0.5, 0.6) is 0 Å². The monoisotopic (exact) mass is 291 g/mol. The molecule has 1 aromatic heterocycles. The molecule has 3 N–H and O–H groups in total. The second kappa shape index (κ2) is 6.19. The zero-order chi connectivity index (χ0) is 15.4. The van der Waals surface area contributed by atoms with Gasteiger partial charge < -0.3 is 19.9 Å². The van der Waals surface area contributed by atoms with Crippen LogP contribution in [0.15, 0.2) is 39.5 Å². The molecular formula is C14H13NO6. The van der Waals surface area contributed by atoms with Gasteiger partial charge in [-0.15, -0.1) is 0 Å². The highest BCUT2D eigenvalue weighted by atomic mass is 16.4. The zero-order valence-electron chi connectivity index (χ0n) is 10.9. The van der Waals surface area contributed by atoms with Crippen LogP contribution in [-0.2, 0) is 4.79 Å². The molecule has 1 amide bonds. The fourth-order valence-corrected chi connectivity index (χ4v) is 1.83. The molecule has 1 heterocycles. The number of carbonyl (C=O) groups is 2. The molecule has 0 aliphatic rings. The summed E-state index contributed by atoms with van der Waals surface area (Å²) in [6, 6.07) is 6.18. The molecule has 0 radical (unpaired) electrons. The van der Waals surface area contributed by atoms with Gasteiger partial charge in [0.1, 0.15) is 11.6 Å². The Kier molecular flexibility index (Phi) is 4.34. The van der Waals surface area contributed by atoms with E-state index in [0.29, 0.717) is 5.39 Å². The summed E-state index contributed by atoms with van der Waals surface area (Å²) < 4.78 is 5.30. The summed E-state index contributed by atoms with van der Waals surface area (Å²) in [5, 5.41) is 20.2. The first kappa shape index (κ1) is 14.7. The van der Waals surface area contributed by atoms with E-state index >= 15 is 0 Å². The number of aliphatic carboxylic acids is 1. The lowest BCUT2D eigenvalue weighted by molar-refractivity contribution is -0.139. The van der Waals surface area contributed by atoms with Crippen LogP contribution in [0.4, 0.5) is 0 Å². The predicted octanol–water partition coefficient (Wildman–Crippen LogP) is 0.358. The highest BCUT2D eigenvalue weighted by molar-refractivity contribution is 5.95. The van der Waals surface area contributed by atoms with E-state index in [1.54, 1.807) is 18.2 Å². The van der Waals surface area contributed by atoms with Gasteiger partial charge in [-0.05, 0) is 12.1 Å². The molecule has 2 rings (SSSR count). The maximum absolute atomic E-state index is 11.9. The Hall–Kier alpha value is -2.67. The lowest BCUT2D eigenvalue weighted by atomic mass is 10.2. The number of benzene rings is 1. The number of amides is 1. The number of hydrogen-bond donors (Lipinski definition) is 3. The van der Waals surface area contributed by atoms with E-state index in [-0.39, 0.29) is 24.4 Å². The van der Waals surface area contributed by atoms with Crippen LogP contribution >= 0.6 is 0 Å². The second-order valence-electron chi connectivity index (χ2n) is 4.35. The van der Waals surface area contributed by atoms with Gasteiger partial charge in [-0.2, -0.15) is 0 Å². The van der Waals surface area contributed by atoms with E-state index in [0.717, 1.165) is 6.07 Å². The van der Waals surface area contributed by atoms with Crippen molar-refractivity contribution >= 4 is 22.8 Å². The number of carbonyl (C=O) groups excluding carboxylic acids is 1. The zero-order valence-corrected chi connectivity index (χ0v) is 10.9. The Labute approximate surface area is 118 Å². The third-order valence-electron chi connectivity index (χ3n) is 2.88. The molecule has 21 heavy (non-hydrogen) atoms. The van der Waals surface area contributed by atoms with Gasteiger partial charge in [0.05, 0.1) is 5.39 Å². The Morgan fingerprint density at radius 3 is 2.67 bits per heavy atom. The lowest BCUT2D eigenvalue weighted by Crippen LogP contribution is -2.41. The Balaban J connectivity index is 2.31. The number of carboxylic acid groups (broad SMARTS) is 1. The minimum Gasteiger partial charge on any atom is -0.480 e. The maximum atomic E-state index is 11.9. The van der Waals surface area contributed by atoms with E-state index in [9.17, 15) is 14.4 Å². The van der Waals surface area contributed by atoms with Gasteiger partial charge in [-0.25, -0.2) is 4.79 Å². The van der Waals surface area contributed by atoms with Gasteiger partial charge in [-0.3, -0.25) is 9.59 Å². The lowest BCUT2D eigenvalue weighted by Gasteiger charge is -2.12. The summed E-state index contributed by atoms with van der Waals surface area (Å²) in [4.78, 5) is 34.7. The van der Waals surface area contributed by atoms with Gasteiger partial charge in [0.15, 0.2) is 11.2 Å². The second-order valence-corrected chi connectivity index (χ2v) is 4.35. The Bertz CT molecular complexity index is 736. The molecule has 0 aliphatic carbocycles. The number of carboxylic acids is 1. The van der Waals surface area contributed by atoms with Crippen molar-refractivity contribution < 1.29 is 24.2 Å². The first-order valence-corrected chi connectivity index (χ1v) is 6.20. The molecule has 1 atom stereocenters. The van der Waals surface area contributed by atoms with Crippen molar-refractivity contribution in [2.24, 2.45) is 0 Å².